The van der Waals surface area contributed by atoms with Gasteiger partial charge in [-0.25, -0.2) is 0 Å². The van der Waals surface area contributed by atoms with Gasteiger partial charge in [-0.3, -0.25) is 19.2 Å². The predicted molar refractivity (Wildman–Crippen MR) is 136 cm³/mol. The Morgan fingerprint density at radius 2 is 1.44 bits per heavy atom. The summed E-state index contributed by atoms with van der Waals surface area (Å²) in [6, 6.07) is 1.40. The van der Waals surface area contributed by atoms with Crippen LogP contribution >= 0.6 is 0 Å². The maximum Gasteiger partial charge on any atom is 0.351 e. The molecule has 0 aliphatic heterocycles. The second-order valence-corrected chi connectivity index (χ2v) is 9.50. The van der Waals surface area contributed by atoms with Crippen LogP contribution in [-0.2, 0) is 30.4 Å². The van der Waals surface area contributed by atoms with Gasteiger partial charge in [-0.05, 0) is 31.7 Å². The Morgan fingerprint density at radius 1 is 0.923 bits per heavy atom. The average Bonchev–Trinajstić information content (AvgIpc) is 2.90. The number of alkyl halides is 2. The van der Waals surface area contributed by atoms with Gasteiger partial charge in [0.1, 0.15) is 30.5 Å². The maximum absolute atomic E-state index is 15.0. The Morgan fingerprint density at radius 3 is 1.92 bits per heavy atom. The standard InChI is InChI=1S/C25H37F2N5O7/c1-13(2)19(12-34)32-24(39)25(26,27)20(35)18(10-16-8-6-5-7-9-16)31-22(37)15(4)29-21(36)14(3)30-23(38)17(28)11-33/h5-9,12-15,17-20,33,35H,10-11,28H2,1-4H3,(H,29,36)(H,30,38)(H,31,37)(H,32,39)/t14-,15-,17-,18?,19+,20?/m0/s1. The van der Waals surface area contributed by atoms with Gasteiger partial charge >= 0.3 is 5.92 Å². The molecule has 0 radical (unpaired) electrons. The van der Waals surface area contributed by atoms with Crippen LogP contribution in [0.3, 0.4) is 0 Å². The second kappa shape index (κ2) is 15.2. The smallest absolute Gasteiger partial charge is 0.351 e. The number of aliphatic hydroxyl groups is 2. The van der Waals surface area contributed by atoms with E-state index in [0.717, 1.165) is 0 Å². The van der Waals surface area contributed by atoms with Crippen molar-refractivity contribution in [2.75, 3.05) is 6.61 Å². The molecule has 0 fully saturated rings. The van der Waals surface area contributed by atoms with Gasteiger partial charge in [-0.2, -0.15) is 8.78 Å². The molecule has 0 aliphatic carbocycles. The number of halogens is 2. The molecule has 1 aromatic carbocycles. The van der Waals surface area contributed by atoms with Crippen molar-refractivity contribution < 1.29 is 43.0 Å². The van der Waals surface area contributed by atoms with Crippen molar-refractivity contribution in [3.63, 3.8) is 0 Å². The van der Waals surface area contributed by atoms with E-state index in [1.54, 1.807) is 30.3 Å². The van der Waals surface area contributed by atoms with Crippen LogP contribution in [-0.4, -0.2) is 89.0 Å². The van der Waals surface area contributed by atoms with E-state index in [9.17, 15) is 29.1 Å². The van der Waals surface area contributed by atoms with Crippen molar-refractivity contribution in [3.05, 3.63) is 35.9 Å². The van der Waals surface area contributed by atoms with Crippen LogP contribution < -0.4 is 27.0 Å². The predicted octanol–water partition coefficient (Wildman–Crippen LogP) is -1.62. The quantitative estimate of drug-likeness (QED) is 0.125. The molecule has 2 unspecified atom stereocenters. The highest BCUT2D eigenvalue weighted by atomic mass is 19.3. The molecule has 0 heterocycles. The van der Waals surface area contributed by atoms with Crippen molar-refractivity contribution in [3.8, 4) is 0 Å². The van der Waals surface area contributed by atoms with Crippen LogP contribution in [0.15, 0.2) is 30.3 Å². The topological polar surface area (TPSA) is 200 Å². The molecule has 14 heteroatoms. The minimum Gasteiger partial charge on any atom is -0.394 e. The van der Waals surface area contributed by atoms with Gasteiger partial charge in [-0.1, -0.05) is 44.2 Å². The fraction of sp³-hybridized carbons (Fsp3) is 0.560. The number of rotatable bonds is 15. The van der Waals surface area contributed by atoms with Gasteiger partial charge in [0.25, 0.3) is 5.91 Å². The molecule has 0 aromatic heterocycles. The number of nitrogens with two attached hydrogens (primary N) is 1. The van der Waals surface area contributed by atoms with E-state index in [4.69, 9.17) is 10.8 Å². The first kappa shape index (κ1) is 33.5. The highest BCUT2D eigenvalue weighted by Gasteiger charge is 2.51. The third-order valence-electron chi connectivity index (χ3n) is 5.88. The molecule has 0 spiro atoms. The third kappa shape index (κ3) is 9.96. The van der Waals surface area contributed by atoms with E-state index in [-0.39, 0.29) is 6.42 Å². The Bertz CT molecular complexity index is 996. The first-order chi connectivity index (χ1) is 18.1. The van der Waals surface area contributed by atoms with Crippen molar-refractivity contribution in [1.29, 1.82) is 0 Å². The second-order valence-electron chi connectivity index (χ2n) is 9.50. The molecule has 12 nitrogen and oxygen atoms in total. The Hall–Kier alpha value is -3.49. The van der Waals surface area contributed by atoms with Crippen molar-refractivity contribution in [2.24, 2.45) is 11.7 Å². The Balaban J connectivity index is 3.05. The van der Waals surface area contributed by atoms with Gasteiger partial charge in [0.2, 0.25) is 17.7 Å². The molecular formula is C25H37F2N5O7. The summed E-state index contributed by atoms with van der Waals surface area (Å²) in [5.74, 6) is -9.36. The lowest BCUT2D eigenvalue weighted by Gasteiger charge is -2.31. The molecule has 0 saturated carbocycles. The summed E-state index contributed by atoms with van der Waals surface area (Å²) >= 11 is 0. The van der Waals surface area contributed by atoms with Gasteiger partial charge < -0.3 is 42.0 Å². The van der Waals surface area contributed by atoms with Crippen molar-refractivity contribution >= 4 is 29.9 Å². The zero-order valence-electron chi connectivity index (χ0n) is 22.2. The van der Waals surface area contributed by atoms with Crippen LogP contribution in [0.4, 0.5) is 8.78 Å². The van der Waals surface area contributed by atoms with E-state index < -0.39 is 78.4 Å². The number of hydrogen-bond acceptors (Lipinski definition) is 8. The SMILES string of the molecule is CC(C)[C@@H](C=O)NC(=O)C(F)(F)C(O)C(Cc1ccccc1)NC(=O)[C@H](C)NC(=O)[C@H](C)NC(=O)[C@@H](N)CO. The zero-order chi connectivity index (χ0) is 29.9. The summed E-state index contributed by atoms with van der Waals surface area (Å²) in [6.45, 7) is 4.97. The molecule has 6 atom stereocenters. The van der Waals surface area contributed by atoms with Gasteiger partial charge in [0.15, 0.2) is 0 Å². The number of carbonyl (C=O) groups is 5. The van der Waals surface area contributed by atoms with Crippen LogP contribution in [0.5, 0.6) is 0 Å². The van der Waals surface area contributed by atoms with Crippen LogP contribution in [0.25, 0.3) is 0 Å². The fourth-order valence-corrected chi connectivity index (χ4v) is 3.28. The lowest BCUT2D eigenvalue weighted by molar-refractivity contribution is -0.169. The van der Waals surface area contributed by atoms with E-state index in [1.165, 1.54) is 27.7 Å². The van der Waals surface area contributed by atoms with Crippen LogP contribution in [0, 0.1) is 5.92 Å². The van der Waals surface area contributed by atoms with Crippen molar-refractivity contribution in [1.82, 2.24) is 21.3 Å². The van der Waals surface area contributed by atoms with Crippen LogP contribution in [0.1, 0.15) is 33.3 Å². The number of hydrogen-bond donors (Lipinski definition) is 7. The molecule has 1 rings (SSSR count). The molecule has 1 aromatic rings. The summed E-state index contributed by atoms with van der Waals surface area (Å²) < 4.78 is 30.1. The number of nitrogens with one attached hydrogen (secondary N) is 4. The lowest BCUT2D eigenvalue weighted by Crippen LogP contribution is -2.61. The number of amides is 4. The highest BCUT2D eigenvalue weighted by molar-refractivity contribution is 5.93. The van der Waals surface area contributed by atoms with E-state index in [2.05, 4.69) is 16.0 Å². The lowest BCUT2D eigenvalue weighted by atomic mass is 9.95. The molecule has 0 bridgehead atoms. The number of benzene rings is 1. The summed E-state index contributed by atoms with van der Waals surface area (Å²) in [5, 5.41) is 28.2. The Kier molecular flexibility index (Phi) is 13.1. The normalized spacial score (nSPS) is 16.2. The van der Waals surface area contributed by atoms with Crippen molar-refractivity contribution in [2.45, 2.75) is 76.4 Å². The number of aldehydes is 1. The monoisotopic (exact) mass is 557 g/mol. The summed E-state index contributed by atoms with van der Waals surface area (Å²) in [4.78, 5) is 60.5. The van der Waals surface area contributed by atoms with Gasteiger partial charge in [0.05, 0.1) is 18.7 Å². The third-order valence-corrected chi connectivity index (χ3v) is 5.88. The molecular weight excluding hydrogens is 520 g/mol. The zero-order valence-corrected chi connectivity index (χ0v) is 22.2. The van der Waals surface area contributed by atoms with Crippen LogP contribution in [0.2, 0.25) is 0 Å². The molecule has 4 amide bonds. The molecule has 0 saturated heterocycles. The largest absolute Gasteiger partial charge is 0.394 e. The molecule has 0 aliphatic rings. The van der Waals surface area contributed by atoms with Gasteiger partial charge in [-0.15, -0.1) is 0 Å². The first-order valence-electron chi connectivity index (χ1n) is 12.3. The van der Waals surface area contributed by atoms with E-state index >= 15 is 8.78 Å². The Labute approximate surface area is 225 Å². The minimum absolute atomic E-state index is 0.302. The van der Waals surface area contributed by atoms with E-state index in [0.29, 0.717) is 11.8 Å². The fourth-order valence-electron chi connectivity index (χ4n) is 3.28. The number of carbonyl (C=O) groups excluding carboxylic acids is 5. The van der Waals surface area contributed by atoms with E-state index in [1.807, 2.05) is 5.32 Å². The summed E-state index contributed by atoms with van der Waals surface area (Å²) in [6.07, 6.45) is -2.70. The molecule has 39 heavy (non-hydrogen) atoms. The minimum atomic E-state index is -4.40. The first-order valence-corrected chi connectivity index (χ1v) is 12.3. The summed E-state index contributed by atoms with van der Waals surface area (Å²) in [5.41, 5.74) is 5.84. The van der Waals surface area contributed by atoms with Gasteiger partial charge in [0, 0.05) is 0 Å². The number of aliphatic hydroxyl groups excluding tert-OH is 2. The average molecular weight is 558 g/mol. The highest BCUT2D eigenvalue weighted by Crippen LogP contribution is 2.24. The maximum atomic E-state index is 15.0. The summed E-state index contributed by atoms with van der Waals surface area (Å²) in [7, 11) is 0. The molecule has 218 valence electrons. The molecule has 8 N–H and O–H groups in total.